The molecule has 1 amide bonds. The number of amides is 1. The molecule has 1 saturated heterocycles. The van der Waals surface area contributed by atoms with Gasteiger partial charge in [0.2, 0.25) is 5.95 Å². The predicted molar refractivity (Wildman–Crippen MR) is 113 cm³/mol. The number of rotatable bonds is 7. The lowest BCUT2D eigenvalue weighted by molar-refractivity contribution is 0.0705. The molecule has 160 valence electrons. The average molecular weight is 423 g/mol. The van der Waals surface area contributed by atoms with E-state index in [-0.39, 0.29) is 5.56 Å². The number of pyridine rings is 1. The Labute approximate surface area is 177 Å². The summed E-state index contributed by atoms with van der Waals surface area (Å²) in [7, 11) is 0. The van der Waals surface area contributed by atoms with Crippen LogP contribution >= 0.6 is 0 Å². The van der Waals surface area contributed by atoms with Crippen molar-refractivity contribution < 1.29 is 10.0 Å². The highest BCUT2D eigenvalue weighted by molar-refractivity contribution is 5.92. The van der Waals surface area contributed by atoms with E-state index in [2.05, 4.69) is 20.3 Å². The van der Waals surface area contributed by atoms with E-state index in [9.17, 15) is 14.4 Å². The van der Waals surface area contributed by atoms with Crippen molar-refractivity contribution in [3.05, 3.63) is 68.5 Å². The minimum Gasteiger partial charge on any atom is -0.380 e. The Balaban J connectivity index is 1.36. The van der Waals surface area contributed by atoms with E-state index in [0.717, 1.165) is 5.69 Å². The van der Waals surface area contributed by atoms with Gasteiger partial charge in [-0.3, -0.25) is 24.6 Å². The molecule has 0 aliphatic carbocycles. The normalized spacial score (nSPS) is 14.0. The Morgan fingerprint density at radius 2 is 1.71 bits per heavy atom. The first kappa shape index (κ1) is 20.4. The second kappa shape index (κ2) is 8.88. The topological polar surface area (TPSA) is 141 Å². The minimum atomic E-state index is -0.681. The van der Waals surface area contributed by atoms with Crippen LogP contribution in [0.5, 0.6) is 0 Å². The number of hydrogen-bond donors (Lipinski definition) is 3. The Bertz CT molecular complexity index is 1120. The lowest BCUT2D eigenvalue weighted by atomic mass is 10.1. The SMILES string of the molecule is O=C(NO)c1cnc(N2CCN(c3c(NCCc4ccccn4)c(=O)c3=O)CC2)nc1. The maximum Gasteiger partial charge on any atom is 0.277 e. The summed E-state index contributed by atoms with van der Waals surface area (Å²) in [5, 5.41) is 11.7. The molecule has 31 heavy (non-hydrogen) atoms. The fourth-order valence-corrected chi connectivity index (χ4v) is 3.50. The number of aromatic nitrogens is 3. The molecule has 1 aliphatic heterocycles. The Morgan fingerprint density at radius 3 is 2.35 bits per heavy atom. The van der Waals surface area contributed by atoms with Gasteiger partial charge in [-0.1, -0.05) is 6.07 Å². The predicted octanol–water partition coefficient (Wildman–Crippen LogP) is -0.432. The van der Waals surface area contributed by atoms with Crippen molar-refractivity contribution in [2.24, 2.45) is 0 Å². The molecule has 2 aromatic heterocycles. The van der Waals surface area contributed by atoms with E-state index >= 15 is 0 Å². The van der Waals surface area contributed by atoms with Crippen molar-refractivity contribution in [2.75, 3.05) is 47.8 Å². The number of carbonyl (C=O) groups excluding carboxylic acids is 1. The first-order chi connectivity index (χ1) is 15.1. The van der Waals surface area contributed by atoms with Crippen molar-refractivity contribution in [3.63, 3.8) is 0 Å². The maximum atomic E-state index is 12.2. The highest BCUT2D eigenvalue weighted by Gasteiger charge is 2.29. The molecule has 1 aliphatic rings. The van der Waals surface area contributed by atoms with Gasteiger partial charge >= 0.3 is 0 Å². The van der Waals surface area contributed by atoms with Crippen LogP contribution in [0.4, 0.5) is 17.3 Å². The number of carbonyl (C=O) groups is 1. The van der Waals surface area contributed by atoms with Crippen molar-refractivity contribution in [1.29, 1.82) is 0 Å². The van der Waals surface area contributed by atoms with E-state index in [1.807, 2.05) is 28.0 Å². The van der Waals surface area contributed by atoms with Gasteiger partial charge in [0.05, 0.1) is 5.56 Å². The summed E-state index contributed by atoms with van der Waals surface area (Å²) in [5.74, 6) is -0.229. The van der Waals surface area contributed by atoms with Crippen molar-refractivity contribution >= 4 is 23.2 Å². The molecule has 0 bridgehead atoms. The molecule has 1 fully saturated rings. The lowest BCUT2D eigenvalue weighted by Crippen LogP contribution is -2.52. The molecule has 1 aromatic carbocycles. The highest BCUT2D eigenvalue weighted by atomic mass is 16.5. The second-order valence-corrected chi connectivity index (χ2v) is 7.07. The molecule has 0 saturated carbocycles. The van der Waals surface area contributed by atoms with Crippen molar-refractivity contribution in [1.82, 2.24) is 20.4 Å². The van der Waals surface area contributed by atoms with E-state index in [1.54, 1.807) is 6.20 Å². The molecule has 3 heterocycles. The molecule has 11 heteroatoms. The zero-order chi connectivity index (χ0) is 21.8. The fraction of sp³-hybridized carbons (Fsp3) is 0.300. The minimum absolute atomic E-state index is 0.148. The number of hydroxylamine groups is 1. The largest absolute Gasteiger partial charge is 0.380 e. The van der Waals surface area contributed by atoms with Gasteiger partial charge in [-0.25, -0.2) is 15.4 Å². The summed E-state index contributed by atoms with van der Waals surface area (Å²) in [4.78, 5) is 52.0. The summed E-state index contributed by atoms with van der Waals surface area (Å²) in [6.45, 7) is 2.68. The van der Waals surface area contributed by atoms with Crippen LogP contribution < -0.4 is 31.5 Å². The standard InChI is InChI=1S/C20H21N7O4/c28-17-15(22-6-4-14-3-1-2-5-21-14)16(18(17)29)26-7-9-27(10-8-26)20-23-11-13(12-24-20)19(30)25-31/h1-3,5,11-12,22,31H,4,6-10H2,(H,25,30). The average Bonchev–Trinajstić information content (AvgIpc) is 2.83. The van der Waals surface area contributed by atoms with E-state index in [4.69, 9.17) is 5.21 Å². The Kier molecular flexibility index (Phi) is 5.85. The summed E-state index contributed by atoms with van der Waals surface area (Å²) in [6.07, 6.45) is 5.03. The van der Waals surface area contributed by atoms with Gasteiger partial charge in [0, 0.05) is 63.4 Å². The number of nitrogens with zero attached hydrogens (tertiary/aromatic N) is 5. The van der Waals surface area contributed by atoms with Crippen LogP contribution in [0.3, 0.4) is 0 Å². The third-order valence-electron chi connectivity index (χ3n) is 5.17. The maximum absolute atomic E-state index is 12.2. The zero-order valence-electron chi connectivity index (χ0n) is 16.6. The van der Waals surface area contributed by atoms with Crippen LogP contribution in [-0.2, 0) is 6.42 Å². The molecular formula is C20H21N7O4. The smallest absolute Gasteiger partial charge is 0.277 e. The van der Waals surface area contributed by atoms with Gasteiger partial charge in [-0.2, -0.15) is 0 Å². The number of anilines is 3. The fourth-order valence-electron chi connectivity index (χ4n) is 3.50. The summed E-state index contributed by atoms with van der Waals surface area (Å²) < 4.78 is 0. The highest BCUT2D eigenvalue weighted by Crippen LogP contribution is 2.22. The first-order valence-electron chi connectivity index (χ1n) is 9.82. The summed E-state index contributed by atoms with van der Waals surface area (Å²) >= 11 is 0. The van der Waals surface area contributed by atoms with E-state index in [0.29, 0.717) is 56.5 Å². The number of piperazine rings is 1. The molecule has 3 aromatic rings. The van der Waals surface area contributed by atoms with Crippen LogP contribution in [0.25, 0.3) is 0 Å². The molecule has 4 rings (SSSR count). The van der Waals surface area contributed by atoms with Gasteiger partial charge in [-0.15, -0.1) is 0 Å². The van der Waals surface area contributed by atoms with E-state index < -0.39 is 16.8 Å². The van der Waals surface area contributed by atoms with Gasteiger partial charge < -0.3 is 15.1 Å². The van der Waals surface area contributed by atoms with Crippen molar-refractivity contribution in [3.8, 4) is 0 Å². The summed E-state index contributed by atoms with van der Waals surface area (Å²) in [5.41, 5.74) is 2.43. The quantitative estimate of drug-likeness (QED) is 0.260. The van der Waals surface area contributed by atoms with Crippen LogP contribution in [-0.4, -0.2) is 58.8 Å². The Hall–Kier alpha value is -3.86. The zero-order valence-corrected chi connectivity index (χ0v) is 16.6. The summed E-state index contributed by atoms with van der Waals surface area (Å²) in [6, 6.07) is 5.66. The first-order valence-corrected chi connectivity index (χ1v) is 9.82. The monoisotopic (exact) mass is 423 g/mol. The Morgan fingerprint density at radius 1 is 1.00 bits per heavy atom. The van der Waals surface area contributed by atoms with Gasteiger partial charge in [-0.05, 0) is 12.1 Å². The van der Waals surface area contributed by atoms with Gasteiger partial charge in [0.15, 0.2) is 0 Å². The molecule has 0 spiro atoms. The molecule has 0 unspecified atom stereocenters. The van der Waals surface area contributed by atoms with Crippen LogP contribution in [0.1, 0.15) is 16.1 Å². The van der Waals surface area contributed by atoms with Gasteiger partial charge in [0.25, 0.3) is 16.8 Å². The molecule has 0 atom stereocenters. The molecule has 11 nitrogen and oxygen atoms in total. The molecular weight excluding hydrogens is 402 g/mol. The van der Waals surface area contributed by atoms with Crippen molar-refractivity contribution in [2.45, 2.75) is 6.42 Å². The second-order valence-electron chi connectivity index (χ2n) is 7.07. The molecule has 3 N–H and O–H groups in total. The van der Waals surface area contributed by atoms with Crippen LogP contribution in [0.2, 0.25) is 0 Å². The van der Waals surface area contributed by atoms with Gasteiger partial charge in [0.1, 0.15) is 11.4 Å². The number of nitrogens with one attached hydrogen (secondary N) is 2. The van der Waals surface area contributed by atoms with Crippen LogP contribution in [0, 0.1) is 0 Å². The third-order valence-corrected chi connectivity index (χ3v) is 5.17. The molecule has 0 radical (unpaired) electrons. The number of hydrogen-bond acceptors (Lipinski definition) is 10. The third kappa shape index (κ3) is 4.21. The lowest BCUT2D eigenvalue weighted by Gasteiger charge is -2.37. The van der Waals surface area contributed by atoms with E-state index in [1.165, 1.54) is 17.9 Å². The van der Waals surface area contributed by atoms with Crippen LogP contribution in [0.15, 0.2) is 46.4 Å².